The van der Waals surface area contributed by atoms with Crippen LogP contribution in [0, 0.1) is 11.8 Å². The molecule has 2 N–H and O–H groups in total. The lowest BCUT2D eigenvalue weighted by molar-refractivity contribution is 0.426. The lowest BCUT2D eigenvalue weighted by Gasteiger charge is -2.15. The maximum Gasteiger partial charge on any atom is 0.0102 e. The molecule has 1 heteroatoms. The summed E-state index contributed by atoms with van der Waals surface area (Å²) in [5, 5.41) is 0. The second-order valence-corrected chi connectivity index (χ2v) is 4.71. The third-order valence-electron chi connectivity index (χ3n) is 4.07. The summed E-state index contributed by atoms with van der Waals surface area (Å²) in [6, 6.07) is 0.461. The Morgan fingerprint density at radius 1 is 1.00 bits per heavy atom. The van der Waals surface area contributed by atoms with E-state index in [1.807, 2.05) is 0 Å². The van der Waals surface area contributed by atoms with Crippen LogP contribution in [0.2, 0.25) is 0 Å². The van der Waals surface area contributed by atoms with Crippen molar-refractivity contribution in [3.63, 3.8) is 0 Å². The predicted octanol–water partition coefficient (Wildman–Crippen LogP) is 3.03. The minimum Gasteiger partial charge on any atom is -0.327 e. The second-order valence-electron chi connectivity index (χ2n) is 4.71. The quantitative estimate of drug-likeness (QED) is 0.626. The SMILES string of the molecule is C/C=C1/CC2CCC(C/C1=C/C)C2N. The van der Waals surface area contributed by atoms with E-state index < -0.39 is 0 Å². The number of allylic oxidation sites excluding steroid dienone is 4. The lowest BCUT2D eigenvalue weighted by Crippen LogP contribution is -2.29. The fourth-order valence-corrected chi connectivity index (χ4v) is 3.11. The Labute approximate surface area is 87.1 Å². The normalized spacial score (nSPS) is 43.2. The molecule has 2 aliphatic rings. The summed E-state index contributed by atoms with van der Waals surface area (Å²) in [5.74, 6) is 1.51. The molecule has 0 saturated heterocycles. The Hall–Kier alpha value is -0.560. The molecule has 2 unspecified atom stereocenters. The topological polar surface area (TPSA) is 26.0 Å². The molecule has 0 heterocycles. The average molecular weight is 191 g/mol. The molecule has 14 heavy (non-hydrogen) atoms. The first kappa shape index (κ1) is 9.97. The first-order chi connectivity index (χ1) is 6.76. The zero-order valence-electron chi connectivity index (χ0n) is 9.29. The lowest BCUT2D eigenvalue weighted by atomic mass is 9.91. The van der Waals surface area contributed by atoms with Crippen molar-refractivity contribution < 1.29 is 0 Å². The smallest absolute Gasteiger partial charge is 0.0102 e. The molecule has 0 aromatic heterocycles. The van der Waals surface area contributed by atoms with Crippen LogP contribution >= 0.6 is 0 Å². The summed E-state index contributed by atoms with van der Waals surface area (Å²) >= 11 is 0. The minimum atomic E-state index is 0.461. The van der Waals surface area contributed by atoms with Gasteiger partial charge in [0.15, 0.2) is 0 Å². The molecule has 2 aliphatic carbocycles. The molecule has 0 radical (unpaired) electrons. The van der Waals surface area contributed by atoms with E-state index in [4.69, 9.17) is 5.73 Å². The van der Waals surface area contributed by atoms with Crippen molar-refractivity contribution in [3.8, 4) is 0 Å². The number of hydrogen-bond donors (Lipinski definition) is 1. The van der Waals surface area contributed by atoms with Gasteiger partial charge in [-0.15, -0.1) is 0 Å². The van der Waals surface area contributed by atoms with E-state index in [1.165, 1.54) is 25.7 Å². The van der Waals surface area contributed by atoms with Gasteiger partial charge in [0.2, 0.25) is 0 Å². The molecule has 2 fully saturated rings. The Balaban J connectivity index is 2.27. The molecule has 0 aromatic rings. The first-order valence-corrected chi connectivity index (χ1v) is 5.82. The predicted molar refractivity (Wildman–Crippen MR) is 60.9 cm³/mol. The highest BCUT2D eigenvalue weighted by Crippen LogP contribution is 2.43. The van der Waals surface area contributed by atoms with Crippen LogP contribution in [0.25, 0.3) is 0 Å². The van der Waals surface area contributed by atoms with Crippen LogP contribution in [-0.4, -0.2) is 6.04 Å². The summed E-state index contributed by atoms with van der Waals surface area (Å²) in [5.41, 5.74) is 9.37. The molecule has 0 spiro atoms. The Morgan fingerprint density at radius 2 is 1.43 bits per heavy atom. The summed E-state index contributed by atoms with van der Waals surface area (Å²) < 4.78 is 0. The van der Waals surface area contributed by atoms with Crippen LogP contribution in [0.5, 0.6) is 0 Å². The van der Waals surface area contributed by atoms with Gasteiger partial charge >= 0.3 is 0 Å². The highest BCUT2D eigenvalue weighted by atomic mass is 14.7. The van der Waals surface area contributed by atoms with Gasteiger partial charge in [-0.3, -0.25) is 0 Å². The van der Waals surface area contributed by atoms with Crippen molar-refractivity contribution in [3.05, 3.63) is 23.3 Å². The van der Waals surface area contributed by atoms with Crippen LogP contribution in [0.15, 0.2) is 23.3 Å². The van der Waals surface area contributed by atoms with E-state index >= 15 is 0 Å². The maximum absolute atomic E-state index is 6.26. The van der Waals surface area contributed by atoms with E-state index in [2.05, 4.69) is 26.0 Å². The summed E-state index contributed by atoms with van der Waals surface area (Å²) in [4.78, 5) is 0. The summed E-state index contributed by atoms with van der Waals surface area (Å²) in [6.45, 7) is 4.31. The molecule has 1 nitrogen and oxygen atoms in total. The third kappa shape index (κ3) is 1.54. The largest absolute Gasteiger partial charge is 0.327 e. The Kier molecular flexibility index (Phi) is 2.78. The number of hydrogen-bond acceptors (Lipinski definition) is 1. The summed E-state index contributed by atoms with van der Waals surface area (Å²) in [6.07, 6.45) is 9.69. The second kappa shape index (κ2) is 3.90. The number of nitrogens with two attached hydrogens (primary N) is 1. The van der Waals surface area contributed by atoms with Crippen molar-refractivity contribution in [1.82, 2.24) is 0 Å². The minimum absolute atomic E-state index is 0.461. The number of rotatable bonds is 0. The van der Waals surface area contributed by atoms with Crippen LogP contribution < -0.4 is 5.73 Å². The van der Waals surface area contributed by atoms with Crippen molar-refractivity contribution in [2.45, 2.75) is 45.6 Å². The molecule has 2 atom stereocenters. The Morgan fingerprint density at radius 3 is 1.79 bits per heavy atom. The fourth-order valence-electron chi connectivity index (χ4n) is 3.11. The van der Waals surface area contributed by atoms with Crippen molar-refractivity contribution in [2.24, 2.45) is 17.6 Å². The van der Waals surface area contributed by atoms with Gasteiger partial charge in [-0.25, -0.2) is 0 Å². The highest BCUT2D eigenvalue weighted by Gasteiger charge is 2.37. The molecule has 2 bridgehead atoms. The van der Waals surface area contributed by atoms with E-state index in [1.54, 1.807) is 11.1 Å². The van der Waals surface area contributed by atoms with Gasteiger partial charge in [0.25, 0.3) is 0 Å². The molecule has 2 rings (SSSR count). The van der Waals surface area contributed by atoms with E-state index in [9.17, 15) is 0 Å². The van der Waals surface area contributed by atoms with E-state index in [-0.39, 0.29) is 0 Å². The molecule has 0 aliphatic heterocycles. The van der Waals surface area contributed by atoms with Crippen LogP contribution in [0.3, 0.4) is 0 Å². The van der Waals surface area contributed by atoms with Gasteiger partial charge in [0.1, 0.15) is 0 Å². The third-order valence-corrected chi connectivity index (χ3v) is 4.07. The van der Waals surface area contributed by atoms with E-state index in [0.717, 1.165) is 11.8 Å². The van der Waals surface area contributed by atoms with E-state index in [0.29, 0.717) is 6.04 Å². The zero-order chi connectivity index (χ0) is 10.1. The Bertz CT molecular complexity index is 247. The maximum atomic E-state index is 6.26. The highest BCUT2D eigenvalue weighted by molar-refractivity contribution is 5.33. The van der Waals surface area contributed by atoms with Crippen LogP contribution in [0.1, 0.15) is 39.5 Å². The molecule has 2 saturated carbocycles. The van der Waals surface area contributed by atoms with Gasteiger partial charge in [-0.1, -0.05) is 12.2 Å². The monoisotopic (exact) mass is 191 g/mol. The van der Waals surface area contributed by atoms with Crippen molar-refractivity contribution >= 4 is 0 Å². The van der Waals surface area contributed by atoms with Gasteiger partial charge in [0, 0.05) is 6.04 Å². The molecule has 78 valence electrons. The molecule has 0 amide bonds. The summed E-state index contributed by atoms with van der Waals surface area (Å²) in [7, 11) is 0. The standard InChI is InChI=1S/C13H21N/c1-3-9-7-11-5-6-12(13(11)14)8-10(9)4-2/h3-4,11-13H,5-8,14H2,1-2H3/b9-3-,10-4-. The first-order valence-electron chi connectivity index (χ1n) is 5.82. The molecular weight excluding hydrogens is 170 g/mol. The van der Waals surface area contributed by atoms with Gasteiger partial charge in [-0.05, 0) is 62.5 Å². The van der Waals surface area contributed by atoms with Crippen LogP contribution in [0.4, 0.5) is 0 Å². The fraction of sp³-hybridized carbons (Fsp3) is 0.692. The molecular formula is C13H21N. The zero-order valence-corrected chi connectivity index (χ0v) is 9.29. The number of fused-ring (bicyclic) bond motifs is 2. The average Bonchev–Trinajstić information content (AvgIpc) is 2.43. The van der Waals surface area contributed by atoms with Gasteiger partial charge in [-0.2, -0.15) is 0 Å². The van der Waals surface area contributed by atoms with Crippen molar-refractivity contribution in [2.75, 3.05) is 0 Å². The van der Waals surface area contributed by atoms with Gasteiger partial charge < -0.3 is 5.73 Å². The van der Waals surface area contributed by atoms with Crippen molar-refractivity contribution in [1.29, 1.82) is 0 Å². The van der Waals surface area contributed by atoms with Crippen LogP contribution in [-0.2, 0) is 0 Å². The molecule has 0 aromatic carbocycles. The van der Waals surface area contributed by atoms with Gasteiger partial charge in [0.05, 0.1) is 0 Å².